The normalized spacial score (nSPS) is 23.7. The fourth-order valence-electron chi connectivity index (χ4n) is 4.49. The minimum Gasteiger partial charge on any atom is -0.271 e. The second kappa shape index (κ2) is 8.94. The molecular weight excluding hydrogens is 440 g/mol. The largest absolute Gasteiger partial charge is 0.271 e. The lowest BCUT2D eigenvalue weighted by molar-refractivity contribution is -0.125. The van der Waals surface area contributed by atoms with Crippen molar-refractivity contribution in [1.82, 2.24) is 20.1 Å². The van der Waals surface area contributed by atoms with Crippen molar-refractivity contribution < 1.29 is 18.0 Å². The van der Waals surface area contributed by atoms with Gasteiger partial charge in [-0.15, -0.1) is 0 Å². The van der Waals surface area contributed by atoms with Gasteiger partial charge in [-0.3, -0.25) is 25.4 Å². The summed E-state index contributed by atoms with van der Waals surface area (Å²) in [5, 5.41) is 0.434. The van der Waals surface area contributed by atoms with Gasteiger partial charge in [-0.1, -0.05) is 24.4 Å². The average Bonchev–Trinajstić information content (AvgIpc) is 3.19. The van der Waals surface area contributed by atoms with Gasteiger partial charge in [0.25, 0.3) is 11.8 Å². The van der Waals surface area contributed by atoms with Gasteiger partial charge in [-0.2, -0.15) is 4.31 Å². The number of carbonyl (C=O) groups excluding carboxylic acids is 2. The Hall–Kier alpha value is -2.49. The van der Waals surface area contributed by atoms with Crippen LogP contribution in [-0.4, -0.2) is 41.6 Å². The maximum absolute atomic E-state index is 13.5. The van der Waals surface area contributed by atoms with Gasteiger partial charge in [0.05, 0.1) is 10.5 Å². The van der Waals surface area contributed by atoms with Crippen molar-refractivity contribution in [2.45, 2.75) is 49.1 Å². The number of benzene rings is 1. The highest BCUT2D eigenvalue weighted by Crippen LogP contribution is 2.42. The third-order valence-electron chi connectivity index (χ3n) is 5.94. The molecule has 2 aromatic rings. The van der Waals surface area contributed by atoms with Gasteiger partial charge in [-0.25, -0.2) is 8.42 Å². The highest BCUT2D eigenvalue weighted by Gasteiger charge is 2.51. The molecule has 2 heterocycles. The van der Waals surface area contributed by atoms with E-state index in [4.69, 9.17) is 11.6 Å². The van der Waals surface area contributed by atoms with E-state index in [0.29, 0.717) is 17.9 Å². The van der Waals surface area contributed by atoms with Crippen LogP contribution in [0.5, 0.6) is 0 Å². The second-order valence-corrected chi connectivity index (χ2v) is 10.1. The first kappa shape index (κ1) is 21.7. The number of aromatic nitrogens is 1. The third kappa shape index (κ3) is 4.44. The number of carbonyl (C=O) groups is 2. The van der Waals surface area contributed by atoms with E-state index in [1.54, 1.807) is 12.1 Å². The number of fused-ring (bicyclic) bond motifs is 1. The number of hydrogen-bond donors (Lipinski definition) is 2. The summed E-state index contributed by atoms with van der Waals surface area (Å²) < 4.78 is 28.3. The van der Waals surface area contributed by atoms with Crippen LogP contribution in [0.3, 0.4) is 0 Å². The predicted molar refractivity (Wildman–Crippen MR) is 114 cm³/mol. The van der Waals surface area contributed by atoms with Crippen LogP contribution in [0.1, 0.15) is 42.5 Å². The van der Waals surface area contributed by atoms with Crippen LogP contribution in [0, 0.1) is 5.92 Å². The molecule has 1 aliphatic heterocycles. The SMILES string of the molecule is O=C(NNC(=O)C1CC2CCCCC2N1S(=O)(=O)c1ccc(Cl)cc1)c1cccnc1. The van der Waals surface area contributed by atoms with E-state index in [1.165, 1.54) is 41.0 Å². The van der Waals surface area contributed by atoms with E-state index in [9.17, 15) is 18.0 Å². The maximum Gasteiger partial charge on any atom is 0.271 e. The molecular formula is C21H23ClN4O4S. The molecule has 2 amide bonds. The molecule has 2 N–H and O–H groups in total. The molecule has 0 radical (unpaired) electrons. The summed E-state index contributed by atoms with van der Waals surface area (Å²) in [6, 6.07) is 7.98. The Kier molecular flexibility index (Phi) is 6.27. The van der Waals surface area contributed by atoms with Crippen LogP contribution < -0.4 is 10.9 Å². The van der Waals surface area contributed by atoms with Gasteiger partial charge in [0.15, 0.2) is 0 Å². The monoisotopic (exact) mass is 462 g/mol. The Morgan fingerprint density at radius 1 is 1.06 bits per heavy atom. The summed E-state index contributed by atoms with van der Waals surface area (Å²) in [4.78, 5) is 29.2. The van der Waals surface area contributed by atoms with Crippen LogP contribution in [0.25, 0.3) is 0 Å². The Morgan fingerprint density at radius 3 is 2.52 bits per heavy atom. The van der Waals surface area contributed by atoms with Gasteiger partial charge in [-0.05, 0) is 61.6 Å². The van der Waals surface area contributed by atoms with Gasteiger partial charge in [0.1, 0.15) is 6.04 Å². The number of halogens is 1. The molecule has 1 saturated carbocycles. The van der Waals surface area contributed by atoms with Crippen LogP contribution in [-0.2, 0) is 14.8 Å². The molecule has 8 nitrogen and oxygen atoms in total. The predicted octanol–water partition coefficient (Wildman–Crippen LogP) is 2.52. The van der Waals surface area contributed by atoms with E-state index in [2.05, 4.69) is 15.8 Å². The van der Waals surface area contributed by atoms with Gasteiger partial charge in [0.2, 0.25) is 10.0 Å². The van der Waals surface area contributed by atoms with Crippen LogP contribution in [0.4, 0.5) is 0 Å². The van der Waals surface area contributed by atoms with Gasteiger partial charge < -0.3 is 0 Å². The number of rotatable bonds is 4. The Labute approximate surface area is 186 Å². The Morgan fingerprint density at radius 2 is 1.81 bits per heavy atom. The summed E-state index contributed by atoms with van der Waals surface area (Å²) in [7, 11) is -3.92. The van der Waals surface area contributed by atoms with Crippen molar-refractivity contribution in [2.75, 3.05) is 0 Å². The number of nitrogens with zero attached hydrogens (tertiary/aromatic N) is 2. The number of sulfonamides is 1. The lowest BCUT2D eigenvalue weighted by atomic mass is 9.85. The van der Waals surface area contributed by atoms with E-state index in [-0.39, 0.29) is 22.4 Å². The summed E-state index contributed by atoms with van der Waals surface area (Å²) in [5.41, 5.74) is 5.05. The van der Waals surface area contributed by atoms with Crippen LogP contribution in [0.2, 0.25) is 5.02 Å². The standard InChI is InChI=1S/C21H23ClN4O4S/c22-16-7-9-17(10-8-16)31(29,30)26-18-6-2-1-4-14(18)12-19(26)21(28)25-24-20(27)15-5-3-11-23-13-15/h3,5,7-11,13-14,18-19H,1-2,4,6,12H2,(H,24,27)(H,25,28). The fraction of sp³-hybridized carbons (Fsp3) is 0.381. The van der Waals surface area contributed by atoms with Crippen molar-refractivity contribution in [2.24, 2.45) is 5.92 Å². The smallest absolute Gasteiger partial charge is 0.271 e. The molecule has 1 saturated heterocycles. The fourth-order valence-corrected chi connectivity index (χ4v) is 6.49. The number of hydrazine groups is 1. The molecule has 0 spiro atoms. The van der Waals surface area contributed by atoms with Crippen LogP contribution >= 0.6 is 11.6 Å². The van der Waals surface area contributed by atoms with Crippen molar-refractivity contribution in [3.8, 4) is 0 Å². The highest BCUT2D eigenvalue weighted by molar-refractivity contribution is 7.89. The molecule has 0 bridgehead atoms. The number of amides is 2. The number of hydrogen-bond acceptors (Lipinski definition) is 5. The average molecular weight is 463 g/mol. The molecule has 2 aliphatic rings. The summed E-state index contributed by atoms with van der Waals surface area (Å²) in [6.45, 7) is 0. The molecule has 4 rings (SSSR count). The van der Waals surface area contributed by atoms with E-state index < -0.39 is 27.9 Å². The summed E-state index contributed by atoms with van der Waals surface area (Å²) >= 11 is 5.92. The number of pyridine rings is 1. The lowest BCUT2D eigenvalue weighted by Gasteiger charge is -2.32. The zero-order valence-electron chi connectivity index (χ0n) is 16.7. The molecule has 2 fully saturated rings. The zero-order valence-corrected chi connectivity index (χ0v) is 18.3. The number of nitrogens with one attached hydrogen (secondary N) is 2. The van der Waals surface area contributed by atoms with Crippen molar-refractivity contribution in [3.05, 3.63) is 59.4 Å². The molecule has 3 atom stereocenters. The summed E-state index contributed by atoms with van der Waals surface area (Å²) in [6.07, 6.45) is 6.86. The van der Waals surface area contributed by atoms with Crippen LogP contribution in [0.15, 0.2) is 53.7 Å². The Bertz CT molecular complexity index is 1060. The first-order valence-electron chi connectivity index (χ1n) is 10.2. The van der Waals surface area contributed by atoms with E-state index >= 15 is 0 Å². The molecule has 10 heteroatoms. The molecule has 3 unspecified atom stereocenters. The minimum atomic E-state index is -3.92. The molecule has 1 aliphatic carbocycles. The molecule has 1 aromatic carbocycles. The topological polar surface area (TPSA) is 108 Å². The van der Waals surface area contributed by atoms with Crippen molar-refractivity contribution >= 4 is 33.4 Å². The third-order valence-corrected chi connectivity index (χ3v) is 8.14. The van der Waals surface area contributed by atoms with Gasteiger partial charge >= 0.3 is 0 Å². The van der Waals surface area contributed by atoms with Gasteiger partial charge in [0, 0.05) is 23.5 Å². The molecule has 164 valence electrons. The van der Waals surface area contributed by atoms with E-state index in [1.807, 2.05) is 0 Å². The Balaban J connectivity index is 1.56. The van der Waals surface area contributed by atoms with Crippen molar-refractivity contribution in [1.29, 1.82) is 0 Å². The first-order chi connectivity index (χ1) is 14.9. The lowest BCUT2D eigenvalue weighted by Crippen LogP contribution is -2.53. The quantitative estimate of drug-likeness (QED) is 0.678. The van der Waals surface area contributed by atoms with Crippen molar-refractivity contribution in [3.63, 3.8) is 0 Å². The maximum atomic E-state index is 13.5. The zero-order chi connectivity index (χ0) is 22.0. The molecule has 31 heavy (non-hydrogen) atoms. The first-order valence-corrected chi connectivity index (χ1v) is 12.0. The second-order valence-electron chi connectivity index (χ2n) is 7.84. The minimum absolute atomic E-state index is 0.0975. The van der Waals surface area contributed by atoms with E-state index in [0.717, 1.165) is 19.3 Å². The molecule has 1 aromatic heterocycles. The summed E-state index contributed by atoms with van der Waals surface area (Å²) in [5.74, 6) is -0.964. The highest BCUT2D eigenvalue weighted by atomic mass is 35.5.